The van der Waals surface area contributed by atoms with Crippen LogP contribution in [0.15, 0.2) is 54.6 Å². The Morgan fingerprint density at radius 1 is 1.04 bits per heavy atom. The van der Waals surface area contributed by atoms with E-state index in [-0.39, 0.29) is 5.69 Å². The summed E-state index contributed by atoms with van der Waals surface area (Å²) in [5, 5.41) is 2.70. The van der Waals surface area contributed by atoms with E-state index in [1.165, 1.54) is 13.0 Å². The van der Waals surface area contributed by atoms with Crippen molar-refractivity contribution in [3.05, 3.63) is 65.7 Å². The van der Waals surface area contributed by atoms with Gasteiger partial charge in [0.2, 0.25) is 15.9 Å². The summed E-state index contributed by atoms with van der Waals surface area (Å²) in [5.74, 6) is -0.626. The number of benzene rings is 2. The minimum absolute atomic E-state index is 0.229. The normalized spacial score (nSPS) is 14.2. The number of nitrogens with one attached hydrogen (secondary N) is 1. The van der Waals surface area contributed by atoms with E-state index < -0.39 is 39.8 Å². The Morgan fingerprint density at radius 2 is 1.64 bits per heavy atom. The fourth-order valence-electron chi connectivity index (χ4n) is 2.79. The SMILES string of the molecule is C[C@@H](NC(=O)[C@H](C)N(c1cccc(C(F)(F)F)c1)S(C)(=O)=O)c1ccccc1. The lowest BCUT2D eigenvalue weighted by Gasteiger charge is -2.29. The third-order valence-electron chi connectivity index (χ3n) is 4.17. The summed E-state index contributed by atoms with van der Waals surface area (Å²) >= 11 is 0. The third-order valence-corrected chi connectivity index (χ3v) is 5.42. The van der Waals surface area contributed by atoms with Crippen molar-refractivity contribution in [3.8, 4) is 0 Å². The molecule has 2 aromatic rings. The molecule has 0 bridgehead atoms. The van der Waals surface area contributed by atoms with Crippen molar-refractivity contribution >= 4 is 21.6 Å². The number of rotatable bonds is 6. The number of amides is 1. The highest BCUT2D eigenvalue weighted by molar-refractivity contribution is 7.92. The Hall–Kier alpha value is -2.55. The predicted octanol–water partition coefficient (Wildman–Crippen LogP) is 3.74. The smallest absolute Gasteiger partial charge is 0.348 e. The molecule has 0 aliphatic heterocycles. The molecular weight excluding hydrogens is 393 g/mol. The first-order valence-corrected chi connectivity index (χ1v) is 10.3. The van der Waals surface area contributed by atoms with Gasteiger partial charge in [-0.15, -0.1) is 0 Å². The molecule has 0 aliphatic carbocycles. The fourth-order valence-corrected chi connectivity index (χ4v) is 3.95. The second-order valence-electron chi connectivity index (χ2n) is 6.42. The maximum absolute atomic E-state index is 13.0. The standard InChI is InChI=1S/C19H21F3N2O3S/c1-13(15-8-5-4-6-9-15)23-18(25)14(2)24(28(3,26)27)17-11-7-10-16(12-17)19(20,21)22/h4-14H,1-3H3,(H,23,25)/t13-,14+/m1/s1. The molecule has 28 heavy (non-hydrogen) atoms. The summed E-state index contributed by atoms with van der Waals surface area (Å²) in [7, 11) is -4.02. The van der Waals surface area contributed by atoms with Crippen LogP contribution in [-0.2, 0) is 21.0 Å². The van der Waals surface area contributed by atoms with Crippen LogP contribution in [0.2, 0.25) is 0 Å². The lowest BCUT2D eigenvalue weighted by atomic mass is 10.1. The van der Waals surface area contributed by atoms with E-state index in [0.717, 1.165) is 24.0 Å². The molecule has 2 rings (SSSR count). The maximum Gasteiger partial charge on any atom is 0.416 e. The van der Waals surface area contributed by atoms with Crippen LogP contribution in [0.5, 0.6) is 0 Å². The first-order chi connectivity index (χ1) is 12.9. The van der Waals surface area contributed by atoms with E-state index in [2.05, 4.69) is 5.32 Å². The maximum atomic E-state index is 13.0. The van der Waals surface area contributed by atoms with Crippen LogP contribution in [0.4, 0.5) is 18.9 Å². The number of carbonyl (C=O) groups is 1. The second-order valence-corrected chi connectivity index (χ2v) is 8.28. The average molecular weight is 414 g/mol. The zero-order chi connectivity index (χ0) is 21.1. The van der Waals surface area contributed by atoms with Gasteiger partial charge in [-0.05, 0) is 37.6 Å². The van der Waals surface area contributed by atoms with E-state index >= 15 is 0 Å². The Balaban J connectivity index is 2.32. The number of hydrogen-bond acceptors (Lipinski definition) is 3. The van der Waals surface area contributed by atoms with Gasteiger partial charge >= 0.3 is 6.18 Å². The molecule has 0 saturated heterocycles. The van der Waals surface area contributed by atoms with Crippen LogP contribution in [0.1, 0.15) is 31.0 Å². The quantitative estimate of drug-likeness (QED) is 0.783. The monoisotopic (exact) mass is 414 g/mol. The van der Waals surface area contributed by atoms with Crippen molar-refractivity contribution < 1.29 is 26.4 Å². The molecule has 0 radical (unpaired) electrons. The number of halogens is 3. The van der Waals surface area contributed by atoms with Gasteiger partial charge in [0.15, 0.2) is 0 Å². The summed E-state index contributed by atoms with van der Waals surface area (Å²) in [6.07, 6.45) is -3.79. The summed E-state index contributed by atoms with van der Waals surface area (Å²) in [5.41, 5.74) is -0.413. The number of sulfonamides is 1. The number of alkyl halides is 3. The highest BCUT2D eigenvalue weighted by Crippen LogP contribution is 2.32. The summed E-state index contributed by atoms with van der Waals surface area (Å²) in [6.45, 7) is 3.06. The van der Waals surface area contributed by atoms with E-state index in [1.54, 1.807) is 31.2 Å². The molecule has 0 aromatic heterocycles. The van der Waals surface area contributed by atoms with Crippen LogP contribution >= 0.6 is 0 Å². The van der Waals surface area contributed by atoms with E-state index in [9.17, 15) is 26.4 Å². The first-order valence-electron chi connectivity index (χ1n) is 8.43. The van der Waals surface area contributed by atoms with Gasteiger partial charge in [0.25, 0.3) is 0 Å². The second kappa shape index (κ2) is 8.22. The van der Waals surface area contributed by atoms with Crippen LogP contribution in [0.25, 0.3) is 0 Å². The summed E-state index contributed by atoms with van der Waals surface area (Å²) in [4.78, 5) is 12.6. The van der Waals surface area contributed by atoms with Crippen molar-refractivity contribution in [3.63, 3.8) is 0 Å². The molecule has 1 amide bonds. The number of carbonyl (C=O) groups excluding carboxylic acids is 1. The summed E-state index contributed by atoms with van der Waals surface area (Å²) < 4.78 is 64.2. The minimum Gasteiger partial charge on any atom is -0.348 e. The number of anilines is 1. The van der Waals surface area contributed by atoms with Crippen molar-refractivity contribution in [1.82, 2.24) is 5.32 Å². The van der Waals surface area contributed by atoms with Gasteiger partial charge in [0, 0.05) is 0 Å². The number of nitrogens with zero attached hydrogens (tertiary/aromatic N) is 1. The van der Waals surface area contributed by atoms with Crippen molar-refractivity contribution in [1.29, 1.82) is 0 Å². The summed E-state index contributed by atoms with van der Waals surface area (Å²) in [6, 6.07) is 11.3. The van der Waals surface area contributed by atoms with Gasteiger partial charge in [0.1, 0.15) is 6.04 Å². The molecule has 0 spiro atoms. The van der Waals surface area contributed by atoms with Gasteiger partial charge in [-0.3, -0.25) is 9.10 Å². The fraction of sp³-hybridized carbons (Fsp3) is 0.316. The van der Waals surface area contributed by atoms with Crippen LogP contribution < -0.4 is 9.62 Å². The molecular formula is C19H21F3N2O3S. The molecule has 0 heterocycles. The van der Waals surface area contributed by atoms with Gasteiger partial charge < -0.3 is 5.32 Å². The average Bonchev–Trinajstić information content (AvgIpc) is 2.60. The number of hydrogen-bond donors (Lipinski definition) is 1. The van der Waals surface area contributed by atoms with Crippen LogP contribution in [0, 0.1) is 0 Å². The van der Waals surface area contributed by atoms with Gasteiger partial charge in [-0.25, -0.2) is 8.42 Å². The Labute approximate surface area is 162 Å². The molecule has 152 valence electrons. The first kappa shape index (κ1) is 21.7. The molecule has 0 aliphatic rings. The lowest BCUT2D eigenvalue weighted by Crippen LogP contribution is -2.48. The van der Waals surface area contributed by atoms with Gasteiger partial charge in [-0.1, -0.05) is 36.4 Å². The third kappa shape index (κ3) is 5.25. The predicted molar refractivity (Wildman–Crippen MR) is 101 cm³/mol. The molecule has 2 aromatic carbocycles. The molecule has 2 atom stereocenters. The van der Waals surface area contributed by atoms with E-state index in [4.69, 9.17) is 0 Å². The topological polar surface area (TPSA) is 66.5 Å². The Bertz CT molecular complexity index is 931. The molecule has 1 N–H and O–H groups in total. The van der Waals surface area contributed by atoms with Crippen molar-refractivity contribution in [2.75, 3.05) is 10.6 Å². The highest BCUT2D eigenvalue weighted by Gasteiger charge is 2.34. The molecule has 0 saturated carbocycles. The van der Waals surface area contributed by atoms with Gasteiger partial charge in [-0.2, -0.15) is 13.2 Å². The Kier molecular flexibility index (Phi) is 6.38. The van der Waals surface area contributed by atoms with Crippen molar-refractivity contribution in [2.24, 2.45) is 0 Å². The van der Waals surface area contributed by atoms with Crippen LogP contribution in [0.3, 0.4) is 0 Å². The molecule has 9 heteroatoms. The van der Waals surface area contributed by atoms with E-state index in [0.29, 0.717) is 10.4 Å². The molecule has 0 unspecified atom stereocenters. The lowest BCUT2D eigenvalue weighted by molar-refractivity contribution is -0.137. The molecule has 0 fully saturated rings. The largest absolute Gasteiger partial charge is 0.416 e. The van der Waals surface area contributed by atoms with Gasteiger partial charge in [0.05, 0.1) is 23.5 Å². The van der Waals surface area contributed by atoms with E-state index in [1.807, 2.05) is 6.07 Å². The zero-order valence-electron chi connectivity index (χ0n) is 15.6. The minimum atomic E-state index is -4.63. The zero-order valence-corrected chi connectivity index (χ0v) is 16.4. The molecule has 5 nitrogen and oxygen atoms in total. The van der Waals surface area contributed by atoms with Crippen LogP contribution in [-0.4, -0.2) is 26.6 Å². The van der Waals surface area contributed by atoms with Crippen molar-refractivity contribution in [2.45, 2.75) is 32.1 Å². The highest BCUT2D eigenvalue weighted by atomic mass is 32.2. The Morgan fingerprint density at radius 3 is 2.18 bits per heavy atom.